The number of phenols is 1. The van der Waals surface area contributed by atoms with E-state index in [1.165, 1.54) is 11.0 Å². The molecule has 178 valence electrons. The number of aryl methyl sites for hydroxylation is 1. The summed E-state index contributed by atoms with van der Waals surface area (Å²) in [7, 11) is 3.11. The predicted octanol–water partition coefficient (Wildman–Crippen LogP) is 3.15. The molecule has 3 heterocycles. The topological polar surface area (TPSA) is 124 Å². The first-order valence-electron chi connectivity index (χ1n) is 11.0. The number of hydrogen-bond acceptors (Lipinski definition) is 7. The number of anilines is 2. The molecule has 0 unspecified atom stereocenters. The number of rotatable bonds is 3. The zero-order chi connectivity index (χ0) is 24.5. The smallest absolute Gasteiger partial charge is 0.274 e. The van der Waals surface area contributed by atoms with Crippen molar-refractivity contribution >= 4 is 34.0 Å². The molecule has 2 aromatic carbocycles. The van der Waals surface area contributed by atoms with Crippen LogP contribution in [0.2, 0.25) is 0 Å². The van der Waals surface area contributed by atoms with Gasteiger partial charge in [-0.25, -0.2) is 0 Å². The average Bonchev–Trinajstić information content (AvgIpc) is 3.32. The van der Waals surface area contributed by atoms with E-state index in [-0.39, 0.29) is 30.4 Å². The fraction of sp³-hybridized carbons (Fsp3) is 0.360. The normalized spacial score (nSPS) is 18.5. The number of β-amino-alcohol motifs (C(OH)–C–C–N with tert-alkyl or cyclic N) is 1. The minimum absolute atomic E-state index is 0.0378. The van der Waals surface area contributed by atoms with Crippen molar-refractivity contribution in [3.63, 3.8) is 0 Å². The Morgan fingerprint density at radius 1 is 1.21 bits per heavy atom. The molecule has 0 fully saturated rings. The van der Waals surface area contributed by atoms with E-state index in [9.17, 15) is 19.8 Å². The zero-order valence-electron chi connectivity index (χ0n) is 19.7. The van der Waals surface area contributed by atoms with Gasteiger partial charge in [0.15, 0.2) is 17.3 Å². The van der Waals surface area contributed by atoms with Crippen molar-refractivity contribution in [1.82, 2.24) is 4.98 Å². The number of methoxy groups -OCH3 is 2. The van der Waals surface area contributed by atoms with Gasteiger partial charge in [-0.1, -0.05) is 0 Å². The average molecular weight is 466 g/mol. The Hall–Kier alpha value is -3.72. The first-order chi connectivity index (χ1) is 16.1. The Bertz CT molecular complexity index is 1370. The largest absolute Gasteiger partial charge is 0.506 e. The Morgan fingerprint density at radius 2 is 1.94 bits per heavy atom. The molecular formula is C25H27N3O6. The molecule has 4 N–H and O–H groups in total. The fourth-order valence-corrected chi connectivity index (χ4v) is 5.07. The van der Waals surface area contributed by atoms with Crippen LogP contribution in [0.3, 0.4) is 0 Å². The van der Waals surface area contributed by atoms with Gasteiger partial charge in [0.1, 0.15) is 11.4 Å². The van der Waals surface area contributed by atoms with Crippen molar-refractivity contribution in [2.24, 2.45) is 0 Å². The standard InChI is InChI=1S/C25H27N3O6/c1-11-20-12(7-18(33-4)22(11)34-5)6-15(26-20)24(32)28-10-13(29)8-14-16(28)9-17(30)21-19(14)23(31)25(2,3)27-21/h6-7,9,13,26-27,29-30H,8,10H2,1-5H3/t13-/m0/s1. The van der Waals surface area contributed by atoms with Gasteiger partial charge in [0.2, 0.25) is 0 Å². The number of phenolic OH excluding ortho intramolecular Hbond substituents is 1. The van der Waals surface area contributed by atoms with Gasteiger partial charge in [-0.05, 0) is 38.5 Å². The van der Waals surface area contributed by atoms with E-state index in [4.69, 9.17) is 9.47 Å². The molecule has 0 aliphatic carbocycles. The van der Waals surface area contributed by atoms with Crippen LogP contribution in [0, 0.1) is 6.92 Å². The molecule has 34 heavy (non-hydrogen) atoms. The highest BCUT2D eigenvalue weighted by molar-refractivity contribution is 6.17. The van der Waals surface area contributed by atoms with Crippen LogP contribution in [0.5, 0.6) is 17.2 Å². The van der Waals surface area contributed by atoms with E-state index in [2.05, 4.69) is 10.3 Å². The second kappa shape index (κ2) is 7.39. The maximum atomic E-state index is 13.7. The summed E-state index contributed by atoms with van der Waals surface area (Å²) < 4.78 is 10.9. The lowest BCUT2D eigenvalue weighted by Gasteiger charge is -2.33. The van der Waals surface area contributed by atoms with Crippen LogP contribution < -0.4 is 19.7 Å². The molecule has 2 aliphatic rings. The highest BCUT2D eigenvalue weighted by Gasteiger charge is 2.43. The van der Waals surface area contributed by atoms with Gasteiger partial charge < -0.3 is 34.9 Å². The number of amides is 1. The SMILES string of the molecule is COc1cc2cc(C(=O)N3C[C@@H](O)Cc4c3cc(O)c3c4C(=O)C(C)(C)N3)[nH]c2c(C)c1OC. The van der Waals surface area contributed by atoms with Crippen LogP contribution in [-0.4, -0.2) is 59.3 Å². The van der Waals surface area contributed by atoms with E-state index in [0.717, 1.165) is 16.5 Å². The summed E-state index contributed by atoms with van der Waals surface area (Å²) in [4.78, 5) is 31.3. The van der Waals surface area contributed by atoms with Crippen LogP contribution in [0.15, 0.2) is 18.2 Å². The van der Waals surface area contributed by atoms with Crippen molar-refractivity contribution in [3.05, 3.63) is 40.6 Å². The Kier molecular flexibility index (Phi) is 4.80. The number of aromatic hydroxyl groups is 1. The number of ether oxygens (including phenoxy) is 2. The van der Waals surface area contributed by atoms with Crippen LogP contribution in [0.25, 0.3) is 10.9 Å². The molecule has 5 rings (SSSR count). The Morgan fingerprint density at radius 3 is 2.62 bits per heavy atom. The summed E-state index contributed by atoms with van der Waals surface area (Å²) in [5.74, 6) is 0.452. The second-order valence-electron chi connectivity index (χ2n) is 9.38. The summed E-state index contributed by atoms with van der Waals surface area (Å²) in [6.07, 6.45) is -0.640. The predicted molar refractivity (Wildman–Crippen MR) is 128 cm³/mol. The summed E-state index contributed by atoms with van der Waals surface area (Å²) in [5.41, 5.74) is 2.59. The molecule has 9 nitrogen and oxygen atoms in total. The van der Waals surface area contributed by atoms with Gasteiger partial charge in [-0.3, -0.25) is 9.59 Å². The number of aromatic amines is 1. The second-order valence-corrected chi connectivity index (χ2v) is 9.38. The molecule has 0 saturated heterocycles. The van der Waals surface area contributed by atoms with Gasteiger partial charge in [-0.15, -0.1) is 0 Å². The zero-order valence-corrected chi connectivity index (χ0v) is 19.7. The highest BCUT2D eigenvalue weighted by Crippen LogP contribution is 2.47. The maximum absolute atomic E-state index is 13.7. The van der Waals surface area contributed by atoms with Crippen LogP contribution in [0.1, 0.15) is 45.8 Å². The molecule has 1 amide bonds. The highest BCUT2D eigenvalue weighted by atomic mass is 16.5. The third kappa shape index (κ3) is 3.03. The number of hydrogen-bond donors (Lipinski definition) is 4. The molecule has 1 aromatic heterocycles. The van der Waals surface area contributed by atoms with Crippen molar-refractivity contribution in [2.75, 3.05) is 31.0 Å². The van der Waals surface area contributed by atoms with Crippen LogP contribution >= 0.6 is 0 Å². The number of carbonyl (C=O) groups is 2. The lowest BCUT2D eigenvalue weighted by molar-refractivity contribution is 0.0926. The summed E-state index contributed by atoms with van der Waals surface area (Å²) in [6.45, 7) is 5.38. The van der Waals surface area contributed by atoms with E-state index in [1.807, 2.05) is 6.92 Å². The van der Waals surface area contributed by atoms with Crippen molar-refractivity contribution in [3.8, 4) is 17.2 Å². The van der Waals surface area contributed by atoms with Gasteiger partial charge in [0.05, 0.1) is 54.9 Å². The van der Waals surface area contributed by atoms with E-state index in [0.29, 0.717) is 39.7 Å². The first-order valence-corrected chi connectivity index (χ1v) is 11.0. The summed E-state index contributed by atoms with van der Waals surface area (Å²) in [6, 6.07) is 4.99. The lowest BCUT2D eigenvalue weighted by atomic mass is 9.89. The minimum atomic E-state index is -0.890. The van der Waals surface area contributed by atoms with Crippen molar-refractivity contribution in [1.29, 1.82) is 0 Å². The van der Waals surface area contributed by atoms with Crippen molar-refractivity contribution < 1.29 is 29.3 Å². The molecule has 0 bridgehead atoms. The molecule has 9 heteroatoms. The van der Waals surface area contributed by atoms with E-state index >= 15 is 0 Å². The summed E-state index contributed by atoms with van der Waals surface area (Å²) in [5, 5.41) is 25.2. The van der Waals surface area contributed by atoms with E-state index < -0.39 is 11.6 Å². The summed E-state index contributed by atoms with van der Waals surface area (Å²) >= 11 is 0. The Labute approximate surface area is 196 Å². The minimum Gasteiger partial charge on any atom is -0.506 e. The first kappa shape index (κ1) is 22.1. The molecule has 0 radical (unpaired) electrons. The number of aromatic nitrogens is 1. The Balaban J connectivity index is 1.63. The monoisotopic (exact) mass is 465 g/mol. The third-order valence-electron chi connectivity index (χ3n) is 6.72. The molecular weight excluding hydrogens is 438 g/mol. The number of benzene rings is 2. The number of fused-ring (bicyclic) bond motifs is 4. The molecule has 1 atom stereocenters. The molecule has 3 aromatic rings. The number of ketones is 1. The number of Topliss-reactive ketones (excluding diaryl/α,β-unsaturated/α-hetero) is 1. The number of aliphatic hydroxyl groups excluding tert-OH is 1. The van der Waals surface area contributed by atoms with E-state index in [1.54, 1.807) is 40.2 Å². The number of nitrogens with zero attached hydrogens (tertiary/aromatic N) is 1. The number of aliphatic hydroxyl groups is 1. The number of nitrogens with one attached hydrogen (secondary N) is 2. The maximum Gasteiger partial charge on any atom is 0.274 e. The molecule has 0 saturated carbocycles. The van der Waals surface area contributed by atoms with Crippen LogP contribution in [-0.2, 0) is 6.42 Å². The van der Waals surface area contributed by atoms with Crippen molar-refractivity contribution in [2.45, 2.75) is 38.8 Å². The molecule has 0 spiro atoms. The quantitative estimate of drug-likeness (QED) is 0.438. The number of carbonyl (C=O) groups excluding carboxylic acids is 2. The van der Waals surface area contributed by atoms with Gasteiger partial charge in [0.25, 0.3) is 5.91 Å². The van der Waals surface area contributed by atoms with Crippen LogP contribution in [0.4, 0.5) is 11.4 Å². The fourth-order valence-electron chi connectivity index (χ4n) is 5.07. The third-order valence-corrected chi connectivity index (χ3v) is 6.72. The van der Waals surface area contributed by atoms with Gasteiger partial charge in [-0.2, -0.15) is 0 Å². The molecule has 2 aliphatic heterocycles. The lowest BCUT2D eigenvalue weighted by Crippen LogP contribution is -2.43. The van der Waals surface area contributed by atoms with Gasteiger partial charge >= 0.3 is 0 Å². The number of H-pyrrole nitrogens is 1. The van der Waals surface area contributed by atoms with Gasteiger partial charge in [0, 0.05) is 23.4 Å².